The van der Waals surface area contributed by atoms with Gasteiger partial charge in [-0.05, 0) is 26.3 Å². The largest absolute Gasteiger partial charge is 0.481 e. The molecule has 0 saturated carbocycles. The number of carbonyl (C=O) groups is 2. The van der Waals surface area contributed by atoms with Crippen LogP contribution < -0.4 is 5.32 Å². The van der Waals surface area contributed by atoms with Crippen molar-refractivity contribution in [3.63, 3.8) is 0 Å². The summed E-state index contributed by atoms with van der Waals surface area (Å²) in [6.45, 7) is 5.14. The maximum Gasteiger partial charge on any atom is 0.308 e. The van der Waals surface area contributed by atoms with Crippen LogP contribution in [-0.2, 0) is 15.3 Å². The zero-order valence-corrected chi connectivity index (χ0v) is 12.8. The van der Waals surface area contributed by atoms with Crippen LogP contribution in [0, 0.1) is 5.92 Å². The number of benzene rings is 1. The summed E-state index contributed by atoms with van der Waals surface area (Å²) in [5, 5.41) is 11.4. The summed E-state index contributed by atoms with van der Waals surface area (Å²) in [7, 11) is 0. The number of carbonyl (C=O) groups excluding carboxylic acids is 1. The average Bonchev–Trinajstić information content (AvgIpc) is 2.44. The number of aliphatic carboxylic acids is 1. The standard InChI is InChI=1S/C15H21NO3S/c1-10(15(18)19)11(2)16-14(17)12(3)20-9-13-7-5-4-6-8-13/h4-8,10-12H,9H2,1-3H3,(H,16,17)(H,18,19). The quantitative estimate of drug-likeness (QED) is 0.811. The van der Waals surface area contributed by atoms with E-state index < -0.39 is 11.9 Å². The van der Waals surface area contributed by atoms with Crippen LogP contribution in [0.15, 0.2) is 30.3 Å². The van der Waals surface area contributed by atoms with Crippen LogP contribution in [0.4, 0.5) is 0 Å². The monoisotopic (exact) mass is 295 g/mol. The molecule has 0 saturated heterocycles. The van der Waals surface area contributed by atoms with E-state index in [4.69, 9.17) is 5.11 Å². The second kappa shape index (κ2) is 7.94. The lowest BCUT2D eigenvalue weighted by Gasteiger charge is -2.20. The fraction of sp³-hybridized carbons (Fsp3) is 0.467. The molecule has 2 N–H and O–H groups in total. The predicted molar refractivity (Wildman–Crippen MR) is 81.6 cm³/mol. The van der Waals surface area contributed by atoms with Crippen LogP contribution in [-0.4, -0.2) is 28.3 Å². The van der Waals surface area contributed by atoms with Crippen molar-refractivity contribution in [1.82, 2.24) is 5.32 Å². The third-order valence-electron chi connectivity index (χ3n) is 3.22. The van der Waals surface area contributed by atoms with Crippen molar-refractivity contribution in [2.24, 2.45) is 5.92 Å². The van der Waals surface area contributed by atoms with E-state index in [-0.39, 0.29) is 17.2 Å². The minimum atomic E-state index is -0.901. The number of nitrogens with one attached hydrogen (secondary N) is 1. The molecule has 0 aromatic heterocycles. The van der Waals surface area contributed by atoms with E-state index in [0.29, 0.717) is 0 Å². The number of carboxylic acid groups (broad SMARTS) is 1. The van der Waals surface area contributed by atoms with Gasteiger partial charge in [0.15, 0.2) is 0 Å². The Kier molecular flexibility index (Phi) is 6.58. The third kappa shape index (κ3) is 5.25. The molecule has 3 atom stereocenters. The summed E-state index contributed by atoms with van der Waals surface area (Å²) < 4.78 is 0. The van der Waals surface area contributed by atoms with Crippen molar-refractivity contribution in [3.8, 4) is 0 Å². The van der Waals surface area contributed by atoms with E-state index in [9.17, 15) is 9.59 Å². The molecule has 0 fully saturated rings. The first-order valence-corrected chi connectivity index (χ1v) is 7.65. The first kappa shape index (κ1) is 16.6. The van der Waals surface area contributed by atoms with E-state index >= 15 is 0 Å². The van der Waals surface area contributed by atoms with Crippen molar-refractivity contribution in [2.45, 2.75) is 37.8 Å². The lowest BCUT2D eigenvalue weighted by molar-refractivity contribution is -0.142. The Morgan fingerprint density at radius 1 is 1.20 bits per heavy atom. The maximum atomic E-state index is 12.0. The highest BCUT2D eigenvalue weighted by Crippen LogP contribution is 2.18. The molecule has 0 spiro atoms. The average molecular weight is 295 g/mol. The fourth-order valence-corrected chi connectivity index (χ4v) is 2.41. The normalized spacial score (nSPS) is 15.2. The van der Waals surface area contributed by atoms with Gasteiger partial charge in [0.2, 0.25) is 5.91 Å². The van der Waals surface area contributed by atoms with E-state index in [1.54, 1.807) is 25.6 Å². The minimum absolute atomic E-state index is 0.119. The lowest BCUT2D eigenvalue weighted by Crippen LogP contribution is -2.43. The highest BCUT2D eigenvalue weighted by Gasteiger charge is 2.23. The van der Waals surface area contributed by atoms with Crippen molar-refractivity contribution >= 4 is 23.6 Å². The van der Waals surface area contributed by atoms with Crippen LogP contribution in [0.25, 0.3) is 0 Å². The Bertz CT molecular complexity index is 450. The third-order valence-corrected chi connectivity index (χ3v) is 4.44. The van der Waals surface area contributed by atoms with E-state index in [1.807, 2.05) is 37.3 Å². The molecule has 0 bridgehead atoms. The topological polar surface area (TPSA) is 66.4 Å². The zero-order chi connectivity index (χ0) is 15.1. The summed E-state index contributed by atoms with van der Waals surface area (Å²) >= 11 is 1.54. The number of rotatable bonds is 7. The van der Waals surface area contributed by atoms with Gasteiger partial charge >= 0.3 is 5.97 Å². The summed E-state index contributed by atoms with van der Waals surface area (Å²) in [6, 6.07) is 9.56. The first-order chi connectivity index (χ1) is 9.41. The summed E-state index contributed by atoms with van der Waals surface area (Å²) in [5.41, 5.74) is 1.17. The number of carboxylic acids is 1. The van der Waals surface area contributed by atoms with E-state index in [2.05, 4.69) is 5.32 Å². The van der Waals surface area contributed by atoms with Crippen LogP contribution >= 0.6 is 11.8 Å². The first-order valence-electron chi connectivity index (χ1n) is 6.60. The molecule has 4 nitrogen and oxygen atoms in total. The molecule has 3 unspecified atom stereocenters. The number of hydrogen-bond donors (Lipinski definition) is 2. The van der Waals surface area contributed by atoms with Crippen molar-refractivity contribution in [2.75, 3.05) is 0 Å². The molecule has 0 aliphatic carbocycles. The Hall–Kier alpha value is -1.49. The Balaban J connectivity index is 2.41. The van der Waals surface area contributed by atoms with Gasteiger partial charge in [-0.15, -0.1) is 11.8 Å². The maximum absolute atomic E-state index is 12.0. The molecular weight excluding hydrogens is 274 g/mol. The van der Waals surface area contributed by atoms with Gasteiger partial charge in [-0.25, -0.2) is 0 Å². The summed E-state index contributed by atoms with van der Waals surface area (Å²) in [4.78, 5) is 22.8. The molecule has 0 heterocycles. The van der Waals surface area contributed by atoms with Gasteiger partial charge in [0, 0.05) is 11.8 Å². The summed E-state index contributed by atoms with van der Waals surface area (Å²) in [5.74, 6) is -0.850. The van der Waals surface area contributed by atoms with Gasteiger partial charge < -0.3 is 10.4 Å². The zero-order valence-electron chi connectivity index (χ0n) is 12.0. The fourth-order valence-electron chi connectivity index (χ4n) is 1.55. The molecular formula is C15H21NO3S. The molecule has 1 aromatic carbocycles. The highest BCUT2D eigenvalue weighted by atomic mass is 32.2. The van der Waals surface area contributed by atoms with Crippen molar-refractivity contribution < 1.29 is 14.7 Å². The molecule has 0 aliphatic rings. The molecule has 20 heavy (non-hydrogen) atoms. The lowest BCUT2D eigenvalue weighted by atomic mass is 10.0. The smallest absolute Gasteiger partial charge is 0.308 e. The van der Waals surface area contributed by atoms with Crippen LogP contribution in [0.5, 0.6) is 0 Å². The molecule has 1 rings (SSSR count). The van der Waals surface area contributed by atoms with Crippen LogP contribution in [0.2, 0.25) is 0 Å². The van der Waals surface area contributed by atoms with E-state index in [0.717, 1.165) is 5.75 Å². The highest BCUT2D eigenvalue weighted by molar-refractivity contribution is 7.99. The molecule has 0 radical (unpaired) electrons. The van der Waals surface area contributed by atoms with Gasteiger partial charge in [0.05, 0.1) is 11.2 Å². The van der Waals surface area contributed by atoms with Crippen LogP contribution in [0.1, 0.15) is 26.3 Å². The molecule has 5 heteroatoms. The minimum Gasteiger partial charge on any atom is -0.481 e. The summed E-state index contributed by atoms with van der Waals surface area (Å²) in [6.07, 6.45) is 0. The Labute approximate surface area is 124 Å². The molecule has 0 aliphatic heterocycles. The van der Waals surface area contributed by atoms with Gasteiger partial charge in [0.1, 0.15) is 0 Å². The van der Waals surface area contributed by atoms with Gasteiger partial charge in [-0.1, -0.05) is 30.3 Å². The van der Waals surface area contributed by atoms with Gasteiger partial charge in [-0.3, -0.25) is 9.59 Å². The molecule has 1 aromatic rings. The van der Waals surface area contributed by atoms with Crippen LogP contribution in [0.3, 0.4) is 0 Å². The van der Waals surface area contributed by atoms with Crippen molar-refractivity contribution in [1.29, 1.82) is 0 Å². The Morgan fingerprint density at radius 2 is 1.80 bits per heavy atom. The SMILES string of the molecule is CC(SCc1ccccc1)C(=O)NC(C)C(C)C(=O)O. The number of hydrogen-bond acceptors (Lipinski definition) is 3. The van der Waals surface area contributed by atoms with Gasteiger partial charge in [0.25, 0.3) is 0 Å². The molecule has 110 valence electrons. The molecule has 1 amide bonds. The second-order valence-electron chi connectivity index (χ2n) is 4.86. The van der Waals surface area contributed by atoms with E-state index in [1.165, 1.54) is 5.56 Å². The van der Waals surface area contributed by atoms with Gasteiger partial charge in [-0.2, -0.15) is 0 Å². The second-order valence-corrected chi connectivity index (χ2v) is 6.19. The number of amides is 1. The predicted octanol–water partition coefficient (Wildman–Crippen LogP) is 2.53. The Morgan fingerprint density at radius 3 is 2.35 bits per heavy atom. The van der Waals surface area contributed by atoms with Crippen molar-refractivity contribution in [3.05, 3.63) is 35.9 Å². The number of thioether (sulfide) groups is 1.